The first-order valence-electron chi connectivity index (χ1n) is 6.38. The van der Waals surface area contributed by atoms with Crippen molar-refractivity contribution in [2.24, 2.45) is 11.3 Å². The van der Waals surface area contributed by atoms with Crippen LogP contribution in [-0.2, 0) is 0 Å². The summed E-state index contributed by atoms with van der Waals surface area (Å²) in [7, 11) is 0. The average Bonchev–Trinajstić information content (AvgIpc) is 3.02. The Morgan fingerprint density at radius 2 is 2.00 bits per heavy atom. The Morgan fingerprint density at radius 1 is 1.25 bits per heavy atom. The Labute approximate surface area is 103 Å². The Balaban J connectivity index is 1.72. The molecule has 1 aromatic carbocycles. The number of alkyl halides is 1. The Morgan fingerprint density at radius 3 is 2.62 bits per heavy atom. The van der Waals surface area contributed by atoms with Crippen molar-refractivity contribution in [1.29, 1.82) is 0 Å². The van der Waals surface area contributed by atoms with E-state index in [-0.39, 0.29) is 0 Å². The van der Waals surface area contributed by atoms with Gasteiger partial charge in [-0.25, -0.2) is 0 Å². The quantitative estimate of drug-likeness (QED) is 0.657. The lowest BCUT2D eigenvalue weighted by molar-refractivity contribution is 0.278. The van der Waals surface area contributed by atoms with Crippen LogP contribution in [0, 0.1) is 11.3 Å². The van der Waals surface area contributed by atoms with E-state index < -0.39 is 0 Å². The van der Waals surface area contributed by atoms with E-state index in [4.69, 9.17) is 11.6 Å². The standard InChI is InChI=1S/C15H19Cl/c1-15(8-7-12(16)10-15)14-9-13(14)11-5-3-2-4-6-11/h2-6,12-14H,7-10H2,1H3. The van der Waals surface area contributed by atoms with E-state index in [9.17, 15) is 0 Å². The van der Waals surface area contributed by atoms with E-state index in [0.717, 1.165) is 11.8 Å². The number of rotatable bonds is 2. The van der Waals surface area contributed by atoms with Crippen LogP contribution in [0.4, 0.5) is 0 Å². The molecule has 4 atom stereocenters. The highest BCUT2D eigenvalue weighted by atomic mass is 35.5. The van der Waals surface area contributed by atoms with E-state index in [1.807, 2.05) is 0 Å². The van der Waals surface area contributed by atoms with Crippen molar-refractivity contribution < 1.29 is 0 Å². The highest BCUT2D eigenvalue weighted by Crippen LogP contribution is 2.62. The van der Waals surface area contributed by atoms with Gasteiger partial charge in [0.05, 0.1) is 0 Å². The van der Waals surface area contributed by atoms with Crippen molar-refractivity contribution in [2.75, 3.05) is 0 Å². The fraction of sp³-hybridized carbons (Fsp3) is 0.600. The summed E-state index contributed by atoms with van der Waals surface area (Å²) in [6, 6.07) is 11.0. The van der Waals surface area contributed by atoms with Gasteiger partial charge in [-0.3, -0.25) is 0 Å². The number of halogens is 1. The molecule has 86 valence electrons. The van der Waals surface area contributed by atoms with Crippen LogP contribution in [0.5, 0.6) is 0 Å². The number of hydrogen-bond donors (Lipinski definition) is 0. The summed E-state index contributed by atoms with van der Waals surface area (Å²) >= 11 is 6.26. The molecule has 2 fully saturated rings. The van der Waals surface area contributed by atoms with Crippen LogP contribution in [0.2, 0.25) is 0 Å². The van der Waals surface area contributed by atoms with Gasteiger partial charge in [-0.2, -0.15) is 0 Å². The first-order chi connectivity index (χ1) is 7.69. The third-order valence-electron chi connectivity index (χ3n) is 4.63. The van der Waals surface area contributed by atoms with Crippen molar-refractivity contribution in [1.82, 2.24) is 0 Å². The highest BCUT2D eigenvalue weighted by molar-refractivity contribution is 6.20. The van der Waals surface area contributed by atoms with Crippen LogP contribution < -0.4 is 0 Å². The zero-order valence-electron chi connectivity index (χ0n) is 9.83. The summed E-state index contributed by atoms with van der Waals surface area (Å²) in [5.41, 5.74) is 2.05. The van der Waals surface area contributed by atoms with E-state index in [0.29, 0.717) is 10.8 Å². The second kappa shape index (κ2) is 3.77. The maximum absolute atomic E-state index is 6.26. The van der Waals surface area contributed by atoms with E-state index in [2.05, 4.69) is 37.3 Å². The molecule has 0 nitrogen and oxygen atoms in total. The zero-order valence-corrected chi connectivity index (χ0v) is 10.6. The predicted octanol–water partition coefficient (Wildman–Crippen LogP) is 4.59. The molecule has 0 aliphatic heterocycles. The van der Waals surface area contributed by atoms with Gasteiger partial charge in [0.15, 0.2) is 0 Å². The van der Waals surface area contributed by atoms with Crippen molar-refractivity contribution in [3.05, 3.63) is 35.9 Å². The summed E-state index contributed by atoms with van der Waals surface area (Å²) < 4.78 is 0. The fourth-order valence-electron chi connectivity index (χ4n) is 3.57. The predicted molar refractivity (Wildman–Crippen MR) is 68.9 cm³/mol. The molecule has 1 heteroatoms. The largest absolute Gasteiger partial charge is 0.123 e. The third-order valence-corrected chi connectivity index (χ3v) is 5.00. The molecule has 0 heterocycles. The second-order valence-electron chi connectivity index (χ2n) is 5.85. The first kappa shape index (κ1) is 10.7. The average molecular weight is 235 g/mol. The van der Waals surface area contributed by atoms with Crippen LogP contribution in [0.3, 0.4) is 0 Å². The smallest absolute Gasteiger partial charge is 0.0341 e. The third kappa shape index (κ3) is 1.78. The van der Waals surface area contributed by atoms with Crippen molar-refractivity contribution in [2.45, 2.75) is 43.9 Å². The molecule has 2 aliphatic carbocycles. The van der Waals surface area contributed by atoms with Gasteiger partial charge in [0.1, 0.15) is 0 Å². The minimum Gasteiger partial charge on any atom is -0.123 e. The minimum atomic E-state index is 0.432. The van der Waals surface area contributed by atoms with Crippen LogP contribution in [0.25, 0.3) is 0 Å². The molecule has 0 radical (unpaired) electrons. The summed E-state index contributed by atoms with van der Waals surface area (Å²) in [5, 5.41) is 0.432. The van der Waals surface area contributed by atoms with E-state index in [1.165, 1.54) is 31.2 Å². The van der Waals surface area contributed by atoms with E-state index in [1.54, 1.807) is 0 Å². The molecule has 3 rings (SSSR count). The fourth-order valence-corrected chi connectivity index (χ4v) is 4.03. The molecule has 0 saturated heterocycles. The molecule has 16 heavy (non-hydrogen) atoms. The van der Waals surface area contributed by atoms with Gasteiger partial charge in [0.2, 0.25) is 0 Å². The van der Waals surface area contributed by atoms with Crippen molar-refractivity contribution in [3.63, 3.8) is 0 Å². The summed E-state index contributed by atoms with van der Waals surface area (Å²) in [4.78, 5) is 0. The lowest BCUT2D eigenvalue weighted by Crippen LogP contribution is -2.15. The molecule has 2 aliphatic rings. The number of hydrogen-bond acceptors (Lipinski definition) is 0. The summed E-state index contributed by atoms with van der Waals surface area (Å²) in [6.45, 7) is 2.45. The molecule has 0 N–H and O–H groups in total. The molecule has 1 aromatic rings. The molecular weight excluding hydrogens is 216 g/mol. The SMILES string of the molecule is CC1(C2CC2c2ccccc2)CCC(Cl)C1. The maximum Gasteiger partial charge on any atom is 0.0341 e. The van der Waals surface area contributed by atoms with E-state index >= 15 is 0 Å². The Hall–Kier alpha value is -0.490. The van der Waals surface area contributed by atoms with Gasteiger partial charge >= 0.3 is 0 Å². The summed E-state index contributed by atoms with van der Waals surface area (Å²) in [6.07, 6.45) is 5.15. The maximum atomic E-state index is 6.26. The minimum absolute atomic E-state index is 0.432. The second-order valence-corrected chi connectivity index (χ2v) is 6.47. The molecule has 4 unspecified atom stereocenters. The lowest BCUT2D eigenvalue weighted by Gasteiger charge is -2.24. The van der Waals surface area contributed by atoms with Gasteiger partial charge < -0.3 is 0 Å². The zero-order chi connectivity index (χ0) is 11.2. The van der Waals surface area contributed by atoms with Gasteiger partial charge in [-0.15, -0.1) is 11.6 Å². The van der Waals surface area contributed by atoms with Gasteiger partial charge in [-0.1, -0.05) is 37.3 Å². The van der Waals surface area contributed by atoms with Crippen LogP contribution in [-0.4, -0.2) is 5.38 Å². The van der Waals surface area contributed by atoms with Gasteiger partial charge in [0.25, 0.3) is 0 Å². The number of benzene rings is 1. The van der Waals surface area contributed by atoms with Crippen molar-refractivity contribution >= 4 is 11.6 Å². The monoisotopic (exact) mass is 234 g/mol. The van der Waals surface area contributed by atoms with Gasteiger partial charge in [0, 0.05) is 5.38 Å². The summed E-state index contributed by atoms with van der Waals surface area (Å²) in [5.74, 6) is 1.70. The molecule has 0 bridgehead atoms. The van der Waals surface area contributed by atoms with Crippen LogP contribution in [0.15, 0.2) is 30.3 Å². The van der Waals surface area contributed by atoms with Crippen LogP contribution >= 0.6 is 11.6 Å². The molecular formula is C15H19Cl. The van der Waals surface area contributed by atoms with Crippen molar-refractivity contribution in [3.8, 4) is 0 Å². The lowest BCUT2D eigenvalue weighted by atomic mass is 9.81. The molecule has 0 spiro atoms. The Bertz CT molecular complexity index is 372. The molecule has 2 saturated carbocycles. The first-order valence-corrected chi connectivity index (χ1v) is 6.82. The van der Waals surface area contributed by atoms with Crippen LogP contribution in [0.1, 0.15) is 44.1 Å². The Kier molecular flexibility index (Phi) is 2.51. The normalized spacial score (nSPS) is 42.2. The van der Waals surface area contributed by atoms with Gasteiger partial charge in [-0.05, 0) is 48.5 Å². The topological polar surface area (TPSA) is 0 Å². The molecule has 0 aromatic heterocycles. The highest BCUT2D eigenvalue weighted by Gasteiger charge is 2.52. The molecule has 0 amide bonds.